The Bertz CT molecular complexity index is 1140. The molecule has 5 heteroatoms. The summed E-state index contributed by atoms with van der Waals surface area (Å²) in [5.41, 5.74) is 4.71. The molecule has 33 heavy (non-hydrogen) atoms. The van der Waals surface area contributed by atoms with Gasteiger partial charge in [-0.1, -0.05) is 60.1 Å². The molecule has 5 rings (SSSR count). The Kier molecular flexibility index (Phi) is 6.11. The summed E-state index contributed by atoms with van der Waals surface area (Å²) in [6.07, 6.45) is 5.03. The minimum absolute atomic E-state index is 0.0513. The van der Waals surface area contributed by atoms with E-state index in [0.29, 0.717) is 29.0 Å². The molecule has 2 aliphatic carbocycles. The largest absolute Gasteiger partial charge is 0.459 e. The molecule has 0 amide bonds. The maximum Gasteiger partial charge on any atom is 0.337 e. The van der Waals surface area contributed by atoms with Crippen LogP contribution in [0.1, 0.15) is 68.4 Å². The zero-order chi connectivity index (χ0) is 22.9. The van der Waals surface area contributed by atoms with Gasteiger partial charge in [0, 0.05) is 34.3 Å². The fraction of sp³-hybridized carbons (Fsp3) is 0.357. The molecular formula is C28H28ClNO3. The molecule has 0 bridgehead atoms. The van der Waals surface area contributed by atoms with E-state index in [1.165, 1.54) is 0 Å². The fourth-order valence-electron chi connectivity index (χ4n) is 5.51. The predicted molar refractivity (Wildman–Crippen MR) is 129 cm³/mol. The van der Waals surface area contributed by atoms with Gasteiger partial charge in [0.2, 0.25) is 0 Å². The van der Waals surface area contributed by atoms with Gasteiger partial charge in [-0.15, -0.1) is 0 Å². The highest BCUT2D eigenvalue weighted by atomic mass is 35.5. The highest BCUT2D eigenvalue weighted by Gasteiger charge is 2.42. The Morgan fingerprint density at radius 3 is 2.42 bits per heavy atom. The van der Waals surface area contributed by atoms with Gasteiger partial charge in [0.05, 0.1) is 5.57 Å². The number of hydrogen-bond donors (Lipinski definition) is 1. The van der Waals surface area contributed by atoms with E-state index < -0.39 is 5.92 Å². The quantitative estimate of drug-likeness (QED) is 0.552. The zero-order valence-electron chi connectivity index (χ0n) is 18.8. The molecule has 2 aromatic carbocycles. The molecule has 2 atom stereocenters. The van der Waals surface area contributed by atoms with E-state index in [-0.39, 0.29) is 23.8 Å². The minimum atomic E-state index is -0.520. The molecule has 2 aromatic rings. The number of halogens is 1. The Morgan fingerprint density at radius 1 is 1.00 bits per heavy atom. The number of carbonyl (C=O) groups excluding carboxylic acids is 2. The summed E-state index contributed by atoms with van der Waals surface area (Å²) in [6.45, 7) is 1.90. The average molecular weight is 462 g/mol. The summed E-state index contributed by atoms with van der Waals surface area (Å²) in [6, 6.07) is 17.6. The van der Waals surface area contributed by atoms with Crippen LogP contribution in [0.3, 0.4) is 0 Å². The number of allylic oxidation sites excluding steroid dienone is 3. The first kappa shape index (κ1) is 22.0. The molecule has 4 nitrogen and oxygen atoms in total. The molecule has 1 heterocycles. The van der Waals surface area contributed by atoms with Crippen molar-refractivity contribution >= 4 is 23.4 Å². The number of carbonyl (C=O) groups is 2. The van der Waals surface area contributed by atoms with Crippen molar-refractivity contribution in [2.24, 2.45) is 0 Å². The molecule has 0 unspecified atom stereocenters. The molecule has 170 valence electrons. The fourth-order valence-corrected chi connectivity index (χ4v) is 5.76. The highest BCUT2D eigenvalue weighted by Crippen LogP contribution is 2.47. The normalized spacial score (nSPS) is 23.4. The number of ether oxygens (including phenoxy) is 1. The lowest BCUT2D eigenvalue weighted by molar-refractivity contribution is -0.144. The predicted octanol–water partition coefficient (Wildman–Crippen LogP) is 6.19. The van der Waals surface area contributed by atoms with Crippen molar-refractivity contribution in [3.63, 3.8) is 0 Å². The summed E-state index contributed by atoms with van der Waals surface area (Å²) in [5.74, 6) is -0.702. The summed E-state index contributed by atoms with van der Waals surface area (Å²) in [7, 11) is 0. The van der Waals surface area contributed by atoms with E-state index in [1.807, 2.05) is 49.4 Å². The topological polar surface area (TPSA) is 55.4 Å². The van der Waals surface area contributed by atoms with E-state index in [9.17, 15) is 9.59 Å². The molecule has 1 N–H and O–H groups in total. The summed E-state index contributed by atoms with van der Waals surface area (Å²) in [4.78, 5) is 27.0. The maximum atomic E-state index is 13.6. The molecule has 0 saturated heterocycles. The first-order valence-electron chi connectivity index (χ1n) is 11.8. The Hall–Kier alpha value is -2.85. The number of nitrogens with one attached hydrogen (secondary N) is 1. The van der Waals surface area contributed by atoms with Gasteiger partial charge in [0.1, 0.15) is 6.10 Å². The van der Waals surface area contributed by atoms with Crippen LogP contribution in [-0.2, 0) is 14.3 Å². The van der Waals surface area contributed by atoms with E-state index >= 15 is 0 Å². The molecule has 1 saturated carbocycles. The maximum absolute atomic E-state index is 13.6. The number of dihydropyridines is 1. The van der Waals surface area contributed by atoms with Gasteiger partial charge in [-0.3, -0.25) is 4.79 Å². The Balaban J connectivity index is 1.56. The Morgan fingerprint density at radius 2 is 1.70 bits per heavy atom. The smallest absolute Gasteiger partial charge is 0.337 e. The van der Waals surface area contributed by atoms with Gasteiger partial charge in [0.25, 0.3) is 0 Å². The van der Waals surface area contributed by atoms with Gasteiger partial charge in [-0.05, 0) is 62.1 Å². The lowest BCUT2D eigenvalue weighted by atomic mass is 9.71. The minimum Gasteiger partial charge on any atom is -0.459 e. The van der Waals surface area contributed by atoms with Crippen molar-refractivity contribution in [1.82, 2.24) is 5.32 Å². The second kappa shape index (κ2) is 9.18. The third kappa shape index (κ3) is 4.24. The lowest BCUT2D eigenvalue weighted by Gasteiger charge is -2.37. The third-order valence-electron chi connectivity index (χ3n) is 7.11. The highest BCUT2D eigenvalue weighted by molar-refractivity contribution is 6.31. The molecule has 1 aliphatic heterocycles. The standard InChI is InChI=1S/C28H28ClNO3/c1-17-25(28(32)33-20-11-5-6-12-20)26(21-13-7-8-14-22(21)29)27-23(30-17)15-19(16-24(27)31)18-9-3-2-4-10-18/h2-4,7-10,13-14,19-20,26,30H,5-6,11-12,15-16H2,1H3/t19-,26-/m0/s1. The second-order valence-electron chi connectivity index (χ2n) is 9.26. The van der Waals surface area contributed by atoms with Crippen LogP contribution < -0.4 is 5.32 Å². The molecule has 0 radical (unpaired) electrons. The van der Waals surface area contributed by atoms with Crippen LogP contribution in [0.15, 0.2) is 77.1 Å². The van der Waals surface area contributed by atoms with Crippen molar-refractivity contribution in [2.45, 2.75) is 63.4 Å². The summed E-state index contributed by atoms with van der Waals surface area (Å²) < 4.78 is 5.90. The zero-order valence-corrected chi connectivity index (χ0v) is 19.5. The Labute approximate surface area is 199 Å². The van der Waals surface area contributed by atoms with E-state index in [2.05, 4.69) is 17.4 Å². The van der Waals surface area contributed by atoms with Crippen LogP contribution in [0.2, 0.25) is 5.02 Å². The third-order valence-corrected chi connectivity index (χ3v) is 7.45. The number of ketones is 1. The van der Waals surface area contributed by atoms with Crippen LogP contribution in [0.4, 0.5) is 0 Å². The van der Waals surface area contributed by atoms with Crippen LogP contribution in [0, 0.1) is 0 Å². The van der Waals surface area contributed by atoms with Gasteiger partial charge >= 0.3 is 5.97 Å². The molecule has 0 aromatic heterocycles. The van der Waals surface area contributed by atoms with Gasteiger partial charge in [-0.25, -0.2) is 4.79 Å². The van der Waals surface area contributed by atoms with Crippen molar-refractivity contribution in [3.05, 3.63) is 93.3 Å². The van der Waals surface area contributed by atoms with Gasteiger partial charge in [-0.2, -0.15) is 0 Å². The monoisotopic (exact) mass is 461 g/mol. The van der Waals surface area contributed by atoms with Crippen molar-refractivity contribution in [2.75, 3.05) is 0 Å². The first-order chi connectivity index (χ1) is 16.0. The first-order valence-corrected chi connectivity index (χ1v) is 12.1. The number of hydrogen-bond acceptors (Lipinski definition) is 4. The molecule has 0 spiro atoms. The van der Waals surface area contributed by atoms with Crippen molar-refractivity contribution in [3.8, 4) is 0 Å². The van der Waals surface area contributed by atoms with E-state index in [0.717, 1.165) is 48.2 Å². The van der Waals surface area contributed by atoms with Crippen LogP contribution >= 0.6 is 11.6 Å². The number of rotatable bonds is 4. The van der Waals surface area contributed by atoms with E-state index in [1.54, 1.807) is 0 Å². The van der Waals surface area contributed by atoms with E-state index in [4.69, 9.17) is 16.3 Å². The summed E-state index contributed by atoms with van der Waals surface area (Å²) >= 11 is 6.62. The molecule has 1 fully saturated rings. The number of esters is 1. The second-order valence-corrected chi connectivity index (χ2v) is 9.67. The summed E-state index contributed by atoms with van der Waals surface area (Å²) in [5, 5.41) is 3.97. The molecular weight excluding hydrogens is 434 g/mol. The SMILES string of the molecule is CC1=C(C(=O)OC2CCCC2)[C@H](c2ccccc2Cl)C2=C(C[C@H](c3ccccc3)CC2=O)N1. The lowest BCUT2D eigenvalue weighted by Crippen LogP contribution is -2.36. The van der Waals surface area contributed by atoms with Crippen molar-refractivity contribution in [1.29, 1.82) is 0 Å². The van der Waals surface area contributed by atoms with Gasteiger partial charge < -0.3 is 10.1 Å². The average Bonchev–Trinajstić information content (AvgIpc) is 3.32. The van der Waals surface area contributed by atoms with Gasteiger partial charge in [0.15, 0.2) is 5.78 Å². The molecule has 3 aliphatic rings. The van der Waals surface area contributed by atoms with Crippen molar-refractivity contribution < 1.29 is 14.3 Å². The van der Waals surface area contributed by atoms with Crippen LogP contribution in [0.25, 0.3) is 0 Å². The van der Waals surface area contributed by atoms with Crippen LogP contribution in [-0.4, -0.2) is 17.9 Å². The number of Topliss-reactive ketones (excluding diaryl/α,β-unsaturated/α-hetero) is 1. The number of benzene rings is 2. The van der Waals surface area contributed by atoms with Crippen LogP contribution in [0.5, 0.6) is 0 Å².